The Morgan fingerprint density at radius 2 is 2.00 bits per heavy atom. The minimum atomic E-state index is 0.347. The zero-order valence-corrected chi connectivity index (χ0v) is 14.0. The van der Waals surface area contributed by atoms with Gasteiger partial charge in [-0.15, -0.1) is 0 Å². The first-order valence-corrected chi connectivity index (χ1v) is 8.24. The number of aromatic nitrogens is 1. The van der Waals surface area contributed by atoms with E-state index in [1.165, 1.54) is 24.8 Å². The van der Waals surface area contributed by atoms with Crippen LogP contribution in [-0.4, -0.2) is 17.5 Å². The van der Waals surface area contributed by atoms with Crippen LogP contribution in [0.2, 0.25) is 0 Å². The molecule has 1 heterocycles. The fourth-order valence-corrected chi connectivity index (χ4v) is 2.21. The van der Waals surface area contributed by atoms with Crippen molar-refractivity contribution in [2.45, 2.75) is 46.1 Å². The second-order valence-corrected chi connectivity index (χ2v) is 5.67. The van der Waals surface area contributed by atoms with Crippen LogP contribution in [0.4, 0.5) is 0 Å². The maximum Gasteiger partial charge on any atom is 0.216 e. The summed E-state index contributed by atoms with van der Waals surface area (Å²) in [4.78, 5) is 8.51. The van der Waals surface area contributed by atoms with Crippen molar-refractivity contribution in [2.75, 3.05) is 6.54 Å². The number of hydrogen-bond acceptors (Lipinski definition) is 3. The van der Waals surface area contributed by atoms with Gasteiger partial charge in [-0.1, -0.05) is 56.0 Å². The highest BCUT2D eigenvalue weighted by Gasteiger charge is 2.05. The third-order valence-electron chi connectivity index (χ3n) is 3.61. The van der Waals surface area contributed by atoms with Gasteiger partial charge in [-0.2, -0.15) is 0 Å². The van der Waals surface area contributed by atoms with Crippen molar-refractivity contribution < 1.29 is 4.42 Å². The van der Waals surface area contributed by atoms with Crippen LogP contribution in [0.3, 0.4) is 0 Å². The van der Waals surface area contributed by atoms with E-state index in [0.717, 1.165) is 24.3 Å². The minimum Gasteiger partial charge on any atom is -0.439 e. The van der Waals surface area contributed by atoms with Crippen molar-refractivity contribution in [1.82, 2.24) is 10.3 Å². The first-order chi connectivity index (χ1) is 11.2. The average molecular weight is 314 g/mol. The Bertz CT molecular complexity index is 616. The van der Waals surface area contributed by atoms with Crippen LogP contribution in [0.15, 0.2) is 39.9 Å². The molecule has 0 radical (unpaired) electrons. The van der Waals surface area contributed by atoms with Crippen molar-refractivity contribution in [3.8, 4) is 11.3 Å². The number of nitrogens with zero attached hydrogens (tertiary/aromatic N) is 2. The first-order valence-electron chi connectivity index (χ1n) is 8.24. The molecule has 23 heavy (non-hydrogen) atoms. The van der Waals surface area contributed by atoms with Crippen LogP contribution < -0.4 is 11.1 Å². The van der Waals surface area contributed by atoms with Crippen molar-refractivity contribution in [3.05, 3.63) is 41.9 Å². The van der Waals surface area contributed by atoms with Gasteiger partial charge in [0.15, 0.2) is 11.7 Å². The van der Waals surface area contributed by atoms with E-state index in [2.05, 4.69) is 41.3 Å². The summed E-state index contributed by atoms with van der Waals surface area (Å²) in [6, 6.07) is 8.15. The normalized spacial score (nSPS) is 11.7. The second kappa shape index (κ2) is 8.98. The summed E-state index contributed by atoms with van der Waals surface area (Å²) in [5.74, 6) is 1.76. The Morgan fingerprint density at radius 1 is 1.22 bits per heavy atom. The zero-order chi connectivity index (χ0) is 16.5. The molecular weight excluding hydrogens is 288 g/mol. The molecule has 0 aliphatic carbocycles. The van der Waals surface area contributed by atoms with E-state index < -0.39 is 0 Å². The summed E-state index contributed by atoms with van der Waals surface area (Å²) >= 11 is 0. The molecular formula is C18H26N4O. The number of oxazole rings is 1. The molecule has 2 rings (SSSR count). The molecule has 5 heteroatoms. The molecule has 3 N–H and O–H groups in total. The Labute approximate surface area is 138 Å². The molecule has 0 atom stereocenters. The van der Waals surface area contributed by atoms with Crippen LogP contribution in [0.25, 0.3) is 11.3 Å². The number of benzene rings is 1. The molecule has 0 amide bonds. The van der Waals surface area contributed by atoms with Gasteiger partial charge < -0.3 is 15.5 Å². The summed E-state index contributed by atoms with van der Waals surface area (Å²) < 4.78 is 5.72. The first kappa shape index (κ1) is 17.1. The van der Waals surface area contributed by atoms with Gasteiger partial charge in [0.1, 0.15) is 6.54 Å². The van der Waals surface area contributed by atoms with Gasteiger partial charge in [0.25, 0.3) is 0 Å². The van der Waals surface area contributed by atoms with Crippen molar-refractivity contribution in [1.29, 1.82) is 0 Å². The molecule has 1 aromatic heterocycles. The molecule has 0 fully saturated rings. The monoisotopic (exact) mass is 314 g/mol. The van der Waals surface area contributed by atoms with Gasteiger partial charge in [-0.05, 0) is 13.3 Å². The van der Waals surface area contributed by atoms with E-state index in [-0.39, 0.29) is 0 Å². The summed E-state index contributed by atoms with van der Waals surface area (Å²) in [7, 11) is 0. The van der Waals surface area contributed by atoms with Gasteiger partial charge in [0, 0.05) is 12.1 Å². The molecule has 0 aliphatic heterocycles. The number of rotatable bonds is 8. The van der Waals surface area contributed by atoms with Crippen LogP contribution in [0.5, 0.6) is 0 Å². The van der Waals surface area contributed by atoms with Gasteiger partial charge in [0.2, 0.25) is 5.89 Å². The lowest BCUT2D eigenvalue weighted by Crippen LogP contribution is -2.32. The van der Waals surface area contributed by atoms with Crippen molar-refractivity contribution in [2.24, 2.45) is 10.7 Å². The Balaban J connectivity index is 1.82. The summed E-state index contributed by atoms with van der Waals surface area (Å²) in [6.07, 6.45) is 6.55. The Hall–Kier alpha value is -2.30. The summed E-state index contributed by atoms with van der Waals surface area (Å²) in [5.41, 5.74) is 8.07. The number of unbranched alkanes of at least 4 members (excludes halogenated alkanes) is 3. The predicted octanol–water partition coefficient (Wildman–Crippen LogP) is 3.63. The van der Waals surface area contributed by atoms with Gasteiger partial charge in [0.05, 0.1) is 6.20 Å². The number of hydrogen-bond donors (Lipinski definition) is 2. The molecule has 1 aromatic carbocycles. The molecule has 0 saturated carbocycles. The smallest absolute Gasteiger partial charge is 0.216 e. The van der Waals surface area contributed by atoms with Crippen LogP contribution in [0.1, 0.15) is 44.1 Å². The highest BCUT2D eigenvalue weighted by atomic mass is 16.4. The quantitative estimate of drug-likeness (QED) is 0.443. The SMILES string of the molecule is CCCCCCNC(N)=NCc1ncc(-c2ccc(C)cc2)o1. The molecule has 5 nitrogen and oxygen atoms in total. The minimum absolute atomic E-state index is 0.347. The maximum atomic E-state index is 5.84. The molecule has 2 aromatic rings. The fraction of sp³-hybridized carbons (Fsp3) is 0.444. The fourth-order valence-electron chi connectivity index (χ4n) is 2.21. The summed E-state index contributed by atoms with van der Waals surface area (Å²) in [5, 5.41) is 3.11. The van der Waals surface area contributed by atoms with Crippen molar-refractivity contribution in [3.63, 3.8) is 0 Å². The van der Waals surface area contributed by atoms with Gasteiger partial charge >= 0.3 is 0 Å². The molecule has 0 bridgehead atoms. The van der Waals surface area contributed by atoms with E-state index in [4.69, 9.17) is 10.2 Å². The molecule has 0 unspecified atom stereocenters. The maximum absolute atomic E-state index is 5.84. The third-order valence-corrected chi connectivity index (χ3v) is 3.61. The average Bonchev–Trinajstić information content (AvgIpc) is 3.02. The number of aryl methyl sites for hydroxylation is 1. The largest absolute Gasteiger partial charge is 0.439 e. The number of nitrogens with two attached hydrogens (primary N) is 1. The van der Waals surface area contributed by atoms with E-state index in [0.29, 0.717) is 18.4 Å². The molecule has 124 valence electrons. The molecule has 0 aliphatic rings. The third kappa shape index (κ3) is 5.77. The number of nitrogens with one attached hydrogen (secondary N) is 1. The second-order valence-electron chi connectivity index (χ2n) is 5.67. The van der Waals surface area contributed by atoms with E-state index >= 15 is 0 Å². The van der Waals surface area contributed by atoms with E-state index in [1.54, 1.807) is 6.20 Å². The lowest BCUT2D eigenvalue weighted by molar-refractivity contribution is 0.509. The van der Waals surface area contributed by atoms with Gasteiger partial charge in [-0.25, -0.2) is 9.98 Å². The predicted molar refractivity (Wildman–Crippen MR) is 94.1 cm³/mol. The lowest BCUT2D eigenvalue weighted by atomic mass is 10.1. The molecule has 0 saturated heterocycles. The highest BCUT2D eigenvalue weighted by Crippen LogP contribution is 2.20. The van der Waals surface area contributed by atoms with Crippen LogP contribution in [-0.2, 0) is 6.54 Å². The summed E-state index contributed by atoms with van der Waals surface area (Å²) in [6.45, 7) is 5.46. The van der Waals surface area contributed by atoms with Gasteiger partial charge in [-0.3, -0.25) is 0 Å². The topological polar surface area (TPSA) is 76.4 Å². The van der Waals surface area contributed by atoms with Crippen LogP contribution >= 0.6 is 0 Å². The van der Waals surface area contributed by atoms with Crippen molar-refractivity contribution >= 4 is 5.96 Å². The number of aliphatic imine (C=N–C) groups is 1. The Morgan fingerprint density at radius 3 is 2.74 bits per heavy atom. The Kier molecular flexibility index (Phi) is 6.66. The lowest BCUT2D eigenvalue weighted by Gasteiger charge is -2.04. The standard InChI is InChI=1S/C18H26N4O/c1-3-4-5-6-11-20-18(19)22-13-17-21-12-16(23-17)15-9-7-14(2)8-10-15/h7-10,12H,3-6,11,13H2,1-2H3,(H3,19,20,22). The zero-order valence-electron chi connectivity index (χ0n) is 14.0. The van der Waals surface area contributed by atoms with E-state index in [9.17, 15) is 0 Å². The van der Waals surface area contributed by atoms with Crippen LogP contribution in [0, 0.1) is 6.92 Å². The van der Waals surface area contributed by atoms with E-state index in [1.807, 2.05) is 12.1 Å². The molecule has 0 spiro atoms. The number of guanidine groups is 1. The highest BCUT2D eigenvalue weighted by molar-refractivity contribution is 5.77.